The van der Waals surface area contributed by atoms with Gasteiger partial charge in [-0.2, -0.15) is 0 Å². The van der Waals surface area contributed by atoms with Crippen molar-refractivity contribution in [2.24, 2.45) is 0 Å². The zero-order chi connectivity index (χ0) is 21.9. The molecule has 0 aromatic heterocycles. The lowest BCUT2D eigenvalue weighted by Crippen LogP contribution is -2.43. The molecule has 1 fully saturated rings. The lowest BCUT2D eigenvalue weighted by Gasteiger charge is -2.44. The van der Waals surface area contributed by atoms with Crippen molar-refractivity contribution in [2.75, 3.05) is 14.1 Å². The molecule has 0 bridgehead atoms. The second-order valence-electron chi connectivity index (χ2n) is 8.04. The number of amides is 1. The molecule has 0 spiro atoms. The molecule has 2 aromatic carbocycles. The predicted molar refractivity (Wildman–Crippen MR) is 119 cm³/mol. The molecule has 1 N–H and O–H groups in total. The summed E-state index contributed by atoms with van der Waals surface area (Å²) in [5.41, 5.74) is 1.87. The van der Waals surface area contributed by atoms with Crippen molar-refractivity contribution in [3.63, 3.8) is 0 Å². The second-order valence-corrected chi connectivity index (χ2v) is 8.04. The van der Waals surface area contributed by atoms with Gasteiger partial charge in [0.15, 0.2) is 17.9 Å². The summed E-state index contributed by atoms with van der Waals surface area (Å²) in [5, 5.41) is 2.22. The number of nitrogens with zero attached hydrogens (tertiary/aromatic N) is 1. The molecule has 1 saturated carbocycles. The van der Waals surface area contributed by atoms with Crippen LogP contribution in [0.25, 0.3) is 0 Å². The molecule has 3 nitrogen and oxygen atoms in total. The molecule has 7 heteroatoms. The number of halogens is 4. The van der Waals surface area contributed by atoms with Gasteiger partial charge in [0.2, 0.25) is 5.91 Å². The number of nitrogens with one attached hydrogen (secondary N) is 1. The molecule has 0 aliphatic heterocycles. The smallest absolute Gasteiger partial charge is 0.246 e. The molecule has 0 heterocycles. The third kappa shape index (κ3) is 5.31. The van der Waals surface area contributed by atoms with Crippen LogP contribution in [0.1, 0.15) is 48.7 Å². The van der Waals surface area contributed by atoms with Crippen LogP contribution in [-0.2, 0) is 10.3 Å². The Morgan fingerprint density at radius 1 is 1.10 bits per heavy atom. The first kappa shape index (κ1) is 25.0. The van der Waals surface area contributed by atoms with Crippen LogP contribution in [0.4, 0.5) is 13.2 Å². The lowest BCUT2D eigenvalue weighted by atomic mass is 9.74. The summed E-state index contributed by atoms with van der Waals surface area (Å²) in [6.07, 6.45) is 2.68. The summed E-state index contributed by atoms with van der Waals surface area (Å²) in [6.45, 7) is 1.29. The fourth-order valence-corrected chi connectivity index (χ4v) is 4.24. The first-order valence-corrected chi connectivity index (χ1v) is 10.1. The molecular weight excluding hydrogens is 425 g/mol. The summed E-state index contributed by atoms with van der Waals surface area (Å²) in [4.78, 5) is 14.5. The number of carbonyl (C=O) groups excluding carboxylic acids is 1. The van der Waals surface area contributed by atoms with Crippen LogP contribution in [0, 0.1) is 18.6 Å². The van der Waals surface area contributed by atoms with E-state index in [4.69, 9.17) is 0 Å². The predicted octanol–water partition coefficient (Wildman–Crippen LogP) is 5.74. The van der Waals surface area contributed by atoms with Gasteiger partial charge < -0.3 is 5.32 Å². The van der Waals surface area contributed by atoms with Gasteiger partial charge >= 0.3 is 0 Å². The summed E-state index contributed by atoms with van der Waals surface area (Å²) in [6, 6.07) is 12.3. The quantitative estimate of drug-likeness (QED) is 0.463. The molecule has 1 aliphatic carbocycles. The van der Waals surface area contributed by atoms with E-state index in [9.17, 15) is 18.0 Å². The van der Waals surface area contributed by atoms with E-state index in [0.717, 1.165) is 43.4 Å². The Bertz CT molecular complexity index is 937. The van der Waals surface area contributed by atoms with Crippen molar-refractivity contribution in [2.45, 2.75) is 44.4 Å². The second kappa shape index (κ2) is 10.3. The Labute approximate surface area is 187 Å². The Kier molecular flexibility index (Phi) is 8.32. The van der Waals surface area contributed by atoms with Gasteiger partial charge in [0.05, 0.1) is 0 Å². The lowest BCUT2D eigenvalue weighted by molar-refractivity contribution is -0.118. The fraction of sp³-hybridized carbons (Fsp3) is 0.375. The van der Waals surface area contributed by atoms with E-state index in [-0.39, 0.29) is 29.1 Å². The highest BCUT2D eigenvalue weighted by molar-refractivity contribution is 5.88. The van der Waals surface area contributed by atoms with Crippen LogP contribution in [0.15, 0.2) is 54.1 Å². The van der Waals surface area contributed by atoms with Gasteiger partial charge in [-0.15, -0.1) is 12.4 Å². The topological polar surface area (TPSA) is 32.3 Å². The number of rotatable bonds is 5. The van der Waals surface area contributed by atoms with Gasteiger partial charge in [-0.3, -0.25) is 9.69 Å². The minimum absolute atomic E-state index is 0. The van der Waals surface area contributed by atoms with Crippen LogP contribution >= 0.6 is 12.4 Å². The van der Waals surface area contributed by atoms with Crippen LogP contribution in [0.2, 0.25) is 0 Å². The van der Waals surface area contributed by atoms with Gasteiger partial charge in [-0.25, -0.2) is 13.2 Å². The van der Waals surface area contributed by atoms with Gasteiger partial charge in [0.1, 0.15) is 0 Å². The first-order valence-electron chi connectivity index (χ1n) is 10.1. The highest BCUT2D eigenvalue weighted by Gasteiger charge is 2.37. The minimum atomic E-state index is -1.90. The first-order chi connectivity index (χ1) is 14.2. The van der Waals surface area contributed by atoms with E-state index in [0.29, 0.717) is 0 Å². The Balaban J connectivity index is 0.00000341. The molecule has 0 saturated heterocycles. The van der Waals surface area contributed by atoms with Crippen LogP contribution in [-0.4, -0.2) is 24.9 Å². The molecule has 31 heavy (non-hydrogen) atoms. The molecule has 1 atom stereocenters. The molecule has 1 amide bonds. The van der Waals surface area contributed by atoms with E-state index in [1.54, 1.807) is 0 Å². The van der Waals surface area contributed by atoms with Gasteiger partial charge in [0, 0.05) is 17.2 Å². The average molecular weight is 453 g/mol. The minimum Gasteiger partial charge on any atom is -0.319 e. The highest BCUT2D eigenvalue weighted by Crippen LogP contribution is 2.42. The summed E-state index contributed by atoms with van der Waals surface area (Å²) in [7, 11) is 4.12. The molecule has 168 valence electrons. The maximum absolute atomic E-state index is 14.5. The van der Waals surface area contributed by atoms with E-state index >= 15 is 0 Å². The number of allylic oxidation sites excluding steroid dienone is 1. The maximum atomic E-state index is 14.5. The van der Waals surface area contributed by atoms with Crippen molar-refractivity contribution >= 4 is 18.3 Å². The molecule has 0 radical (unpaired) electrons. The summed E-state index contributed by atoms with van der Waals surface area (Å²) in [5.74, 6) is -2.71. The van der Waals surface area contributed by atoms with Crippen molar-refractivity contribution in [1.82, 2.24) is 10.2 Å². The van der Waals surface area contributed by atoms with Crippen molar-refractivity contribution in [3.05, 3.63) is 82.4 Å². The van der Waals surface area contributed by atoms with Crippen molar-refractivity contribution < 1.29 is 18.0 Å². The van der Waals surface area contributed by atoms with Crippen molar-refractivity contribution in [1.29, 1.82) is 0 Å². The van der Waals surface area contributed by atoms with Crippen LogP contribution in [0.3, 0.4) is 0 Å². The summed E-state index contributed by atoms with van der Waals surface area (Å²) >= 11 is 0. The monoisotopic (exact) mass is 452 g/mol. The SMILES string of the molecule is Cc1c(C(F)NC(=O)C=C2CCC(c3ccccc3)(N(C)C)CC2)ccc(F)c1F.Cl. The number of hydrogen-bond acceptors (Lipinski definition) is 2. The number of carbonyl (C=O) groups is 1. The summed E-state index contributed by atoms with van der Waals surface area (Å²) < 4.78 is 41.4. The molecule has 1 unspecified atom stereocenters. The number of alkyl halides is 1. The highest BCUT2D eigenvalue weighted by atomic mass is 35.5. The Hall–Kier alpha value is -2.31. The third-order valence-electron chi connectivity index (χ3n) is 6.14. The zero-order valence-electron chi connectivity index (χ0n) is 17.9. The number of benzene rings is 2. The Morgan fingerprint density at radius 2 is 1.71 bits per heavy atom. The molecule has 3 rings (SSSR count). The fourth-order valence-electron chi connectivity index (χ4n) is 4.24. The normalized spacial score (nSPS) is 19.5. The van der Waals surface area contributed by atoms with Crippen LogP contribution < -0.4 is 5.32 Å². The standard InChI is InChI=1S/C24H27F3N2O.ClH/c1-16-19(9-10-20(25)22(16)26)23(27)28-21(30)15-17-11-13-24(14-12-17,29(2)3)18-7-5-4-6-8-18;/h4-10,15,23H,11-14H2,1-3H3,(H,28,30);1H. The maximum Gasteiger partial charge on any atom is 0.246 e. The van der Waals surface area contributed by atoms with E-state index in [1.807, 2.05) is 18.2 Å². The largest absolute Gasteiger partial charge is 0.319 e. The van der Waals surface area contributed by atoms with Gasteiger partial charge in [0.25, 0.3) is 0 Å². The third-order valence-corrected chi connectivity index (χ3v) is 6.14. The van der Waals surface area contributed by atoms with E-state index < -0.39 is 23.8 Å². The number of hydrogen-bond donors (Lipinski definition) is 1. The van der Waals surface area contributed by atoms with Gasteiger partial charge in [-0.1, -0.05) is 42.0 Å². The average Bonchev–Trinajstić information content (AvgIpc) is 2.73. The van der Waals surface area contributed by atoms with E-state index in [2.05, 4.69) is 36.4 Å². The van der Waals surface area contributed by atoms with Gasteiger partial charge in [-0.05, 0) is 63.9 Å². The zero-order valence-corrected chi connectivity index (χ0v) is 18.7. The van der Waals surface area contributed by atoms with Crippen LogP contribution in [0.5, 0.6) is 0 Å². The molecule has 2 aromatic rings. The Morgan fingerprint density at radius 3 is 2.29 bits per heavy atom. The van der Waals surface area contributed by atoms with E-state index in [1.165, 1.54) is 18.6 Å². The van der Waals surface area contributed by atoms with Crippen molar-refractivity contribution in [3.8, 4) is 0 Å². The molecular formula is C24H28ClF3N2O. The molecule has 1 aliphatic rings.